The Bertz CT molecular complexity index is 649. The highest BCUT2D eigenvalue weighted by atomic mass is 79.9. The molecule has 1 N–H and O–H groups in total. The van der Waals surface area contributed by atoms with Crippen LogP contribution in [0.3, 0.4) is 0 Å². The van der Waals surface area contributed by atoms with Crippen LogP contribution in [-0.4, -0.2) is 0 Å². The highest BCUT2D eigenvalue weighted by Crippen LogP contribution is 2.36. The number of fused-ring (bicyclic) bond motifs is 1. The van der Waals surface area contributed by atoms with E-state index in [1.807, 2.05) is 0 Å². The average molecular weight is 342 g/mol. The van der Waals surface area contributed by atoms with Gasteiger partial charge < -0.3 is 5.32 Å². The van der Waals surface area contributed by atoms with Crippen LogP contribution >= 0.6 is 15.9 Å². The van der Waals surface area contributed by atoms with Crippen molar-refractivity contribution in [2.24, 2.45) is 0 Å². The van der Waals surface area contributed by atoms with Crippen molar-refractivity contribution in [3.63, 3.8) is 0 Å². The summed E-state index contributed by atoms with van der Waals surface area (Å²) in [5, 5.41) is 2.85. The Balaban J connectivity index is 1.94. The minimum atomic E-state index is -0.665. The van der Waals surface area contributed by atoms with Crippen LogP contribution in [0.2, 0.25) is 0 Å². The lowest BCUT2D eigenvalue weighted by atomic mass is 10.1. The molecule has 0 amide bonds. The first-order valence-corrected chi connectivity index (χ1v) is 7.04. The smallest absolute Gasteiger partial charge is 0.150 e. The van der Waals surface area contributed by atoms with E-state index in [-0.39, 0.29) is 17.5 Å². The van der Waals surface area contributed by atoms with Gasteiger partial charge in [0.2, 0.25) is 0 Å². The van der Waals surface area contributed by atoms with E-state index in [9.17, 15) is 13.2 Å². The van der Waals surface area contributed by atoms with Gasteiger partial charge in [0.1, 0.15) is 23.1 Å². The molecule has 0 bridgehead atoms. The van der Waals surface area contributed by atoms with Gasteiger partial charge in [-0.25, -0.2) is 13.2 Å². The number of hydrogen-bond acceptors (Lipinski definition) is 1. The molecule has 3 rings (SSSR count). The molecular formula is C15H11BrF3N. The summed E-state index contributed by atoms with van der Waals surface area (Å²) in [5.41, 5.74) is 1.23. The first kappa shape index (κ1) is 13.5. The minimum Gasteiger partial charge on any atom is -0.373 e. The minimum absolute atomic E-state index is 0.171. The Kier molecular flexibility index (Phi) is 3.46. The summed E-state index contributed by atoms with van der Waals surface area (Å²) < 4.78 is 41.6. The number of benzene rings is 2. The Labute approximate surface area is 122 Å². The molecule has 20 heavy (non-hydrogen) atoms. The normalized spacial score (nSPS) is 17.1. The molecule has 0 saturated heterocycles. The van der Waals surface area contributed by atoms with E-state index < -0.39 is 11.6 Å². The maximum Gasteiger partial charge on any atom is 0.150 e. The molecular weight excluding hydrogens is 331 g/mol. The van der Waals surface area contributed by atoms with Crippen molar-refractivity contribution in [2.45, 2.75) is 18.9 Å². The predicted octanol–water partition coefficient (Wildman–Crippen LogP) is 4.97. The summed E-state index contributed by atoms with van der Waals surface area (Å²) in [6.07, 6.45) is 1.19. The second-order valence-electron chi connectivity index (χ2n) is 4.79. The van der Waals surface area contributed by atoms with Crippen molar-refractivity contribution >= 4 is 21.6 Å². The molecule has 1 nitrogen and oxygen atoms in total. The Morgan fingerprint density at radius 1 is 1.05 bits per heavy atom. The molecule has 2 aromatic carbocycles. The lowest BCUT2D eigenvalue weighted by Gasteiger charge is -2.17. The van der Waals surface area contributed by atoms with Gasteiger partial charge in [0.15, 0.2) is 0 Å². The van der Waals surface area contributed by atoms with E-state index in [4.69, 9.17) is 0 Å². The molecule has 0 heterocycles. The molecule has 0 saturated carbocycles. The molecule has 1 atom stereocenters. The van der Waals surface area contributed by atoms with E-state index >= 15 is 0 Å². The Hall–Kier alpha value is -1.49. The van der Waals surface area contributed by atoms with Crippen molar-refractivity contribution in [1.29, 1.82) is 0 Å². The van der Waals surface area contributed by atoms with Crippen LogP contribution in [0.4, 0.5) is 18.9 Å². The fourth-order valence-corrected chi connectivity index (χ4v) is 3.02. The zero-order valence-corrected chi connectivity index (χ0v) is 12.0. The van der Waals surface area contributed by atoms with Crippen molar-refractivity contribution < 1.29 is 13.2 Å². The Morgan fingerprint density at radius 2 is 1.75 bits per heavy atom. The molecule has 0 spiro atoms. The number of hydrogen-bond donors (Lipinski definition) is 1. The van der Waals surface area contributed by atoms with Crippen molar-refractivity contribution in [3.8, 4) is 0 Å². The summed E-state index contributed by atoms with van der Waals surface area (Å²) in [6, 6.07) is 6.94. The molecule has 2 aromatic rings. The number of anilines is 1. The quantitative estimate of drug-likeness (QED) is 0.813. The first-order valence-electron chi connectivity index (χ1n) is 6.24. The van der Waals surface area contributed by atoms with E-state index in [1.54, 1.807) is 12.1 Å². The van der Waals surface area contributed by atoms with Crippen LogP contribution < -0.4 is 5.32 Å². The average Bonchev–Trinajstić information content (AvgIpc) is 2.78. The third-order valence-electron chi connectivity index (χ3n) is 3.54. The summed E-state index contributed by atoms with van der Waals surface area (Å²) in [6.45, 7) is 0. The van der Waals surface area contributed by atoms with Crippen molar-refractivity contribution in [2.75, 3.05) is 5.32 Å². The maximum atomic E-state index is 13.8. The van der Waals surface area contributed by atoms with Crippen molar-refractivity contribution in [1.82, 2.24) is 0 Å². The molecule has 1 unspecified atom stereocenters. The van der Waals surface area contributed by atoms with E-state index in [0.717, 1.165) is 5.56 Å². The summed E-state index contributed by atoms with van der Waals surface area (Å²) in [4.78, 5) is 0. The first-order chi connectivity index (χ1) is 9.56. The zero-order chi connectivity index (χ0) is 14.3. The van der Waals surface area contributed by atoms with Crippen LogP contribution in [-0.2, 0) is 6.42 Å². The predicted molar refractivity (Wildman–Crippen MR) is 75.1 cm³/mol. The maximum absolute atomic E-state index is 13.8. The lowest BCUT2D eigenvalue weighted by molar-refractivity contribution is 0.580. The summed E-state index contributed by atoms with van der Waals surface area (Å²) in [5.74, 6) is -1.59. The topological polar surface area (TPSA) is 12.0 Å². The van der Waals surface area contributed by atoms with Gasteiger partial charge in [-0.1, -0.05) is 28.1 Å². The molecule has 1 aliphatic rings. The van der Waals surface area contributed by atoms with Gasteiger partial charge in [-0.3, -0.25) is 0 Å². The second kappa shape index (κ2) is 5.13. The largest absolute Gasteiger partial charge is 0.373 e. The van der Waals surface area contributed by atoms with E-state index in [0.29, 0.717) is 22.9 Å². The fourth-order valence-electron chi connectivity index (χ4n) is 2.61. The van der Waals surface area contributed by atoms with Crippen molar-refractivity contribution in [3.05, 3.63) is 63.4 Å². The van der Waals surface area contributed by atoms with Crippen LogP contribution in [0.1, 0.15) is 23.6 Å². The van der Waals surface area contributed by atoms with Gasteiger partial charge in [0, 0.05) is 4.47 Å². The third-order valence-corrected chi connectivity index (χ3v) is 4.00. The molecule has 5 heteroatoms. The monoisotopic (exact) mass is 341 g/mol. The Morgan fingerprint density at radius 3 is 2.45 bits per heavy atom. The zero-order valence-electron chi connectivity index (χ0n) is 10.4. The van der Waals surface area contributed by atoms with E-state index in [1.165, 1.54) is 18.2 Å². The van der Waals surface area contributed by atoms with Gasteiger partial charge in [0.05, 0.1) is 6.04 Å². The fraction of sp³-hybridized carbons (Fsp3) is 0.200. The van der Waals surface area contributed by atoms with Crippen LogP contribution in [0.25, 0.3) is 0 Å². The second-order valence-corrected chi connectivity index (χ2v) is 5.70. The molecule has 0 fully saturated rings. The van der Waals surface area contributed by atoms with Gasteiger partial charge in [0.25, 0.3) is 0 Å². The lowest BCUT2D eigenvalue weighted by Crippen LogP contribution is -2.10. The van der Waals surface area contributed by atoms with Crippen LogP contribution in [0.5, 0.6) is 0 Å². The molecule has 0 aliphatic heterocycles. The highest BCUT2D eigenvalue weighted by Gasteiger charge is 2.26. The molecule has 1 aliphatic carbocycles. The highest BCUT2D eigenvalue weighted by molar-refractivity contribution is 9.10. The summed E-state index contributed by atoms with van der Waals surface area (Å²) in [7, 11) is 0. The third kappa shape index (κ3) is 2.30. The van der Waals surface area contributed by atoms with Crippen LogP contribution in [0, 0.1) is 17.5 Å². The number of nitrogens with one attached hydrogen (secondary N) is 1. The molecule has 104 valence electrons. The molecule has 0 radical (unpaired) electrons. The summed E-state index contributed by atoms with van der Waals surface area (Å²) >= 11 is 3.04. The van der Waals surface area contributed by atoms with Crippen LogP contribution in [0.15, 0.2) is 34.8 Å². The molecule has 0 aromatic heterocycles. The van der Waals surface area contributed by atoms with Gasteiger partial charge in [-0.05, 0) is 42.2 Å². The van der Waals surface area contributed by atoms with Gasteiger partial charge in [-0.2, -0.15) is 0 Å². The number of halogens is 4. The SMILES string of the molecule is Fc1cccc2c1CCC2Nc1c(F)cc(Br)cc1F. The van der Waals surface area contributed by atoms with E-state index in [2.05, 4.69) is 21.2 Å². The standard InChI is InChI=1S/C15H11BrF3N/c16-8-6-12(18)15(13(19)7-8)20-14-5-4-9-10(14)2-1-3-11(9)17/h1-3,6-7,14,20H,4-5H2. The van der Waals surface area contributed by atoms with Gasteiger partial charge in [-0.15, -0.1) is 0 Å². The number of rotatable bonds is 2. The van der Waals surface area contributed by atoms with Gasteiger partial charge >= 0.3 is 0 Å².